The number of hydrogen-bond donors (Lipinski definition) is 1. The monoisotopic (exact) mass is 262 g/mol. The first kappa shape index (κ1) is 13.4. The molecule has 1 aliphatic heterocycles. The van der Waals surface area contributed by atoms with Crippen molar-refractivity contribution in [2.45, 2.75) is 32.8 Å². The molecule has 0 saturated heterocycles. The summed E-state index contributed by atoms with van der Waals surface area (Å²) in [5.41, 5.74) is 3.41. The van der Waals surface area contributed by atoms with E-state index >= 15 is 0 Å². The van der Waals surface area contributed by atoms with E-state index in [4.69, 9.17) is 9.47 Å². The largest absolute Gasteiger partial charge is 0.485 e. The number of para-hydroxylation sites is 2. The van der Waals surface area contributed by atoms with Crippen LogP contribution in [0.5, 0.6) is 11.5 Å². The number of hydrogen-bond acceptors (Lipinski definition) is 4. The number of fused-ring (bicyclic) bond motifs is 1. The average molecular weight is 262 g/mol. The highest BCUT2D eigenvalue weighted by Crippen LogP contribution is 2.30. The second-order valence-corrected chi connectivity index (χ2v) is 4.44. The Bertz CT molecular complexity index is 485. The molecule has 0 spiro atoms. The van der Waals surface area contributed by atoms with Gasteiger partial charge in [0.15, 0.2) is 11.5 Å². The third kappa shape index (κ3) is 3.47. The van der Waals surface area contributed by atoms with Gasteiger partial charge in [-0.3, -0.25) is 4.79 Å². The molecule has 0 bridgehead atoms. The van der Waals surface area contributed by atoms with Gasteiger partial charge in [0.25, 0.3) is 5.91 Å². The molecule has 5 nitrogen and oxygen atoms in total. The van der Waals surface area contributed by atoms with Gasteiger partial charge in [0.1, 0.15) is 6.61 Å². The molecule has 1 atom stereocenters. The van der Waals surface area contributed by atoms with Crippen LogP contribution in [0.4, 0.5) is 0 Å². The van der Waals surface area contributed by atoms with Crippen LogP contribution in [-0.2, 0) is 4.79 Å². The van der Waals surface area contributed by atoms with Gasteiger partial charge in [0, 0.05) is 5.71 Å². The number of ether oxygens (including phenoxy) is 2. The Kier molecular flexibility index (Phi) is 4.39. The normalized spacial score (nSPS) is 18.0. The van der Waals surface area contributed by atoms with Crippen LogP contribution in [-0.4, -0.2) is 24.3 Å². The molecular weight excluding hydrogens is 244 g/mol. The molecular formula is C14H18N2O3. The number of benzene rings is 1. The standard InChI is InChI=1S/C14H18N2O3/c1-3-6-10(2)15-16-14(17)13-9-18-11-7-4-5-8-12(11)19-13/h4-5,7-8,13H,3,6,9H2,1-2H3,(H,16,17)/b15-10-/t13-/m0/s1. The van der Waals surface area contributed by atoms with E-state index < -0.39 is 6.10 Å². The van der Waals surface area contributed by atoms with Gasteiger partial charge >= 0.3 is 0 Å². The molecule has 1 aromatic carbocycles. The summed E-state index contributed by atoms with van der Waals surface area (Å²) in [6.45, 7) is 4.15. The zero-order chi connectivity index (χ0) is 13.7. The maximum atomic E-state index is 11.9. The Morgan fingerprint density at radius 1 is 1.42 bits per heavy atom. The van der Waals surface area contributed by atoms with E-state index in [9.17, 15) is 4.79 Å². The first-order valence-electron chi connectivity index (χ1n) is 6.42. The van der Waals surface area contributed by atoms with Crippen LogP contribution in [0, 0.1) is 0 Å². The van der Waals surface area contributed by atoms with Crippen molar-refractivity contribution in [2.75, 3.05) is 6.61 Å². The molecule has 1 heterocycles. The molecule has 1 N–H and O–H groups in total. The summed E-state index contributed by atoms with van der Waals surface area (Å²) < 4.78 is 11.1. The van der Waals surface area contributed by atoms with Crippen molar-refractivity contribution in [2.24, 2.45) is 5.10 Å². The summed E-state index contributed by atoms with van der Waals surface area (Å²) in [5.74, 6) is 0.963. The van der Waals surface area contributed by atoms with Gasteiger partial charge in [0.05, 0.1) is 0 Å². The highest BCUT2D eigenvalue weighted by molar-refractivity contribution is 5.86. The molecule has 1 aromatic rings. The summed E-state index contributed by atoms with van der Waals surface area (Å²) in [6.07, 6.45) is 1.21. The molecule has 1 amide bonds. The minimum Gasteiger partial charge on any atom is -0.485 e. The average Bonchev–Trinajstić information content (AvgIpc) is 2.44. The van der Waals surface area contributed by atoms with Gasteiger partial charge in [-0.05, 0) is 25.5 Å². The van der Waals surface area contributed by atoms with E-state index in [2.05, 4.69) is 17.5 Å². The SMILES string of the molecule is CCC/C(C)=N\NC(=O)[C@@H]1COc2ccccc2O1. The Morgan fingerprint density at radius 3 is 2.89 bits per heavy atom. The molecule has 0 aromatic heterocycles. The molecule has 19 heavy (non-hydrogen) atoms. The van der Waals surface area contributed by atoms with Crippen molar-refractivity contribution in [1.29, 1.82) is 0 Å². The van der Waals surface area contributed by atoms with Crippen molar-refractivity contribution in [1.82, 2.24) is 5.43 Å². The maximum Gasteiger partial charge on any atom is 0.284 e. The van der Waals surface area contributed by atoms with Crippen LogP contribution >= 0.6 is 0 Å². The lowest BCUT2D eigenvalue weighted by Crippen LogP contribution is -2.42. The van der Waals surface area contributed by atoms with Gasteiger partial charge < -0.3 is 9.47 Å². The van der Waals surface area contributed by atoms with Crippen LogP contribution in [0.25, 0.3) is 0 Å². The molecule has 1 aliphatic rings. The van der Waals surface area contributed by atoms with Crippen molar-refractivity contribution in [3.05, 3.63) is 24.3 Å². The molecule has 0 aliphatic carbocycles. The third-order valence-electron chi connectivity index (χ3n) is 2.77. The van der Waals surface area contributed by atoms with Crippen LogP contribution in [0.3, 0.4) is 0 Å². The topological polar surface area (TPSA) is 59.9 Å². The second-order valence-electron chi connectivity index (χ2n) is 4.44. The van der Waals surface area contributed by atoms with Crippen LogP contribution in [0.15, 0.2) is 29.4 Å². The van der Waals surface area contributed by atoms with Gasteiger partial charge in [-0.15, -0.1) is 0 Å². The summed E-state index contributed by atoms with van der Waals surface area (Å²) in [4.78, 5) is 11.9. The van der Waals surface area contributed by atoms with Crippen molar-refractivity contribution in [3.8, 4) is 11.5 Å². The van der Waals surface area contributed by atoms with Gasteiger partial charge in [0.2, 0.25) is 6.10 Å². The Hall–Kier alpha value is -2.04. The fourth-order valence-corrected chi connectivity index (χ4v) is 1.79. The number of hydrazone groups is 1. The number of rotatable bonds is 4. The lowest BCUT2D eigenvalue weighted by molar-refractivity contribution is -0.130. The van der Waals surface area contributed by atoms with E-state index in [-0.39, 0.29) is 12.5 Å². The highest BCUT2D eigenvalue weighted by Gasteiger charge is 2.26. The zero-order valence-electron chi connectivity index (χ0n) is 11.2. The van der Waals surface area contributed by atoms with Crippen LogP contribution in [0.1, 0.15) is 26.7 Å². The lowest BCUT2D eigenvalue weighted by Gasteiger charge is -2.24. The van der Waals surface area contributed by atoms with Gasteiger partial charge in [-0.25, -0.2) is 5.43 Å². The van der Waals surface area contributed by atoms with Crippen molar-refractivity contribution in [3.63, 3.8) is 0 Å². The van der Waals surface area contributed by atoms with E-state index in [0.717, 1.165) is 18.6 Å². The van der Waals surface area contributed by atoms with Gasteiger partial charge in [-0.1, -0.05) is 25.5 Å². The predicted molar refractivity (Wildman–Crippen MR) is 72.5 cm³/mol. The first-order valence-corrected chi connectivity index (χ1v) is 6.42. The highest BCUT2D eigenvalue weighted by atomic mass is 16.6. The molecule has 0 fully saturated rings. The number of nitrogens with zero attached hydrogens (tertiary/aromatic N) is 1. The van der Waals surface area contributed by atoms with Crippen LogP contribution in [0.2, 0.25) is 0 Å². The lowest BCUT2D eigenvalue weighted by atomic mass is 10.2. The van der Waals surface area contributed by atoms with Crippen molar-refractivity contribution >= 4 is 11.6 Å². The fourth-order valence-electron chi connectivity index (χ4n) is 1.79. The molecule has 5 heteroatoms. The van der Waals surface area contributed by atoms with Crippen LogP contribution < -0.4 is 14.9 Å². The number of carbonyl (C=O) groups excluding carboxylic acids is 1. The number of carbonyl (C=O) groups is 1. The first-order chi connectivity index (χ1) is 9.20. The second kappa shape index (κ2) is 6.22. The molecule has 0 saturated carbocycles. The molecule has 102 valence electrons. The Balaban J connectivity index is 1.94. The minimum absolute atomic E-state index is 0.200. The summed E-state index contributed by atoms with van der Waals surface area (Å²) in [7, 11) is 0. The van der Waals surface area contributed by atoms with Crippen molar-refractivity contribution < 1.29 is 14.3 Å². The van der Waals surface area contributed by atoms with Gasteiger partial charge in [-0.2, -0.15) is 5.10 Å². The molecule has 2 rings (SSSR count). The number of amides is 1. The Labute approximate surface area is 112 Å². The predicted octanol–water partition coefficient (Wildman–Crippen LogP) is 2.12. The maximum absolute atomic E-state index is 11.9. The van der Waals surface area contributed by atoms with E-state index in [1.807, 2.05) is 25.1 Å². The summed E-state index contributed by atoms with van der Waals surface area (Å²) in [5, 5.41) is 4.03. The molecule has 0 radical (unpaired) electrons. The fraction of sp³-hybridized carbons (Fsp3) is 0.429. The zero-order valence-corrected chi connectivity index (χ0v) is 11.2. The van der Waals surface area contributed by atoms with E-state index in [0.29, 0.717) is 11.5 Å². The summed E-state index contributed by atoms with van der Waals surface area (Å²) in [6, 6.07) is 7.29. The summed E-state index contributed by atoms with van der Waals surface area (Å²) >= 11 is 0. The molecule has 0 unspecified atom stereocenters. The third-order valence-corrected chi connectivity index (χ3v) is 2.77. The Morgan fingerprint density at radius 2 is 2.16 bits per heavy atom. The smallest absolute Gasteiger partial charge is 0.284 e. The quantitative estimate of drug-likeness (QED) is 0.668. The van der Waals surface area contributed by atoms with E-state index in [1.54, 1.807) is 6.07 Å². The number of nitrogens with one attached hydrogen (secondary N) is 1. The minimum atomic E-state index is -0.659. The van der Waals surface area contributed by atoms with E-state index in [1.165, 1.54) is 0 Å².